The zero-order valence-electron chi connectivity index (χ0n) is 7.92. The molecular formula is C10H12N2O2. The summed E-state index contributed by atoms with van der Waals surface area (Å²) in [4.78, 5) is 4.07. The lowest BCUT2D eigenvalue weighted by atomic mass is 10.1. The summed E-state index contributed by atoms with van der Waals surface area (Å²) in [6.45, 7) is 0. The molecule has 0 aromatic carbocycles. The van der Waals surface area contributed by atoms with E-state index in [1.165, 1.54) is 0 Å². The van der Waals surface area contributed by atoms with Crippen molar-refractivity contribution in [2.24, 2.45) is 7.05 Å². The van der Waals surface area contributed by atoms with Crippen LogP contribution in [-0.4, -0.2) is 14.7 Å². The zero-order chi connectivity index (χ0) is 9.97. The first kappa shape index (κ1) is 9.02. The highest BCUT2D eigenvalue weighted by atomic mass is 16.3. The third-order valence-electron chi connectivity index (χ3n) is 2.04. The first-order valence-electron chi connectivity index (χ1n) is 4.44. The maximum atomic E-state index is 9.77. The first-order chi connectivity index (χ1) is 6.75. The highest BCUT2D eigenvalue weighted by Crippen LogP contribution is 2.16. The van der Waals surface area contributed by atoms with Gasteiger partial charge in [-0.3, -0.25) is 0 Å². The third-order valence-corrected chi connectivity index (χ3v) is 2.04. The Hall–Kier alpha value is -1.55. The standard InChI is InChI=1S/C10H12N2O2/c1-12-6-9(11-7-12)10(13)5-8-3-2-4-14-8/h2-4,6-7,10,13H,5H2,1H3. The second-order valence-electron chi connectivity index (χ2n) is 3.26. The van der Waals surface area contributed by atoms with E-state index in [0.29, 0.717) is 12.1 Å². The highest BCUT2D eigenvalue weighted by Gasteiger charge is 2.12. The summed E-state index contributed by atoms with van der Waals surface area (Å²) < 4.78 is 6.94. The monoisotopic (exact) mass is 192 g/mol. The zero-order valence-corrected chi connectivity index (χ0v) is 7.92. The molecule has 0 aliphatic rings. The molecule has 0 fully saturated rings. The van der Waals surface area contributed by atoms with E-state index in [1.54, 1.807) is 29.4 Å². The predicted octanol–water partition coefficient (Wildman–Crippen LogP) is 1.29. The van der Waals surface area contributed by atoms with Crippen molar-refractivity contribution < 1.29 is 9.52 Å². The van der Waals surface area contributed by atoms with Gasteiger partial charge in [0.25, 0.3) is 0 Å². The van der Waals surface area contributed by atoms with Crippen molar-refractivity contribution in [3.8, 4) is 0 Å². The minimum atomic E-state index is -0.595. The summed E-state index contributed by atoms with van der Waals surface area (Å²) >= 11 is 0. The number of aliphatic hydroxyl groups is 1. The summed E-state index contributed by atoms with van der Waals surface area (Å²) in [5, 5.41) is 9.77. The van der Waals surface area contributed by atoms with Gasteiger partial charge < -0.3 is 14.1 Å². The van der Waals surface area contributed by atoms with Gasteiger partial charge in [-0.05, 0) is 12.1 Å². The Morgan fingerprint density at radius 2 is 2.50 bits per heavy atom. The van der Waals surface area contributed by atoms with E-state index in [4.69, 9.17) is 4.42 Å². The molecule has 1 N–H and O–H groups in total. The first-order valence-corrected chi connectivity index (χ1v) is 4.44. The fraction of sp³-hybridized carbons (Fsp3) is 0.300. The lowest BCUT2D eigenvalue weighted by Crippen LogP contribution is -2.01. The average molecular weight is 192 g/mol. The quantitative estimate of drug-likeness (QED) is 0.797. The number of nitrogens with zero attached hydrogens (tertiary/aromatic N) is 2. The third kappa shape index (κ3) is 1.85. The van der Waals surface area contributed by atoms with Crippen molar-refractivity contribution in [1.29, 1.82) is 0 Å². The minimum Gasteiger partial charge on any atom is -0.469 e. The van der Waals surface area contributed by atoms with E-state index in [-0.39, 0.29) is 0 Å². The SMILES string of the molecule is Cn1cnc(C(O)Cc2ccco2)c1. The van der Waals surface area contributed by atoms with Crippen LogP contribution in [0.4, 0.5) is 0 Å². The smallest absolute Gasteiger partial charge is 0.106 e. The molecule has 0 bridgehead atoms. The molecule has 1 unspecified atom stereocenters. The summed E-state index contributed by atoms with van der Waals surface area (Å²) in [5.41, 5.74) is 0.670. The van der Waals surface area contributed by atoms with Gasteiger partial charge in [-0.2, -0.15) is 0 Å². The lowest BCUT2D eigenvalue weighted by molar-refractivity contribution is 0.166. The molecule has 2 rings (SSSR count). The van der Waals surface area contributed by atoms with Crippen molar-refractivity contribution >= 4 is 0 Å². The fourth-order valence-corrected chi connectivity index (χ4v) is 1.33. The minimum absolute atomic E-state index is 0.462. The van der Waals surface area contributed by atoms with Crippen LogP contribution in [0, 0.1) is 0 Å². The fourth-order valence-electron chi connectivity index (χ4n) is 1.33. The molecule has 2 heterocycles. The maximum absolute atomic E-state index is 9.77. The van der Waals surface area contributed by atoms with Crippen LogP contribution in [0.25, 0.3) is 0 Å². The second-order valence-corrected chi connectivity index (χ2v) is 3.26. The number of hydrogen-bond acceptors (Lipinski definition) is 3. The Kier molecular flexibility index (Phi) is 2.37. The van der Waals surface area contributed by atoms with Gasteiger partial charge in [0.1, 0.15) is 11.9 Å². The van der Waals surface area contributed by atoms with E-state index < -0.39 is 6.10 Å². The van der Waals surface area contributed by atoms with Crippen LogP contribution in [-0.2, 0) is 13.5 Å². The molecule has 4 heteroatoms. The molecule has 0 spiro atoms. The van der Waals surface area contributed by atoms with Gasteiger partial charge in [0.2, 0.25) is 0 Å². The Balaban J connectivity index is 2.06. The van der Waals surface area contributed by atoms with Crippen LogP contribution in [0.15, 0.2) is 35.3 Å². The number of aliphatic hydroxyl groups excluding tert-OH is 1. The Morgan fingerprint density at radius 1 is 1.64 bits per heavy atom. The van der Waals surface area contributed by atoms with Crippen molar-refractivity contribution in [3.63, 3.8) is 0 Å². The van der Waals surface area contributed by atoms with Crippen LogP contribution < -0.4 is 0 Å². The topological polar surface area (TPSA) is 51.2 Å². The number of aromatic nitrogens is 2. The average Bonchev–Trinajstić information content (AvgIpc) is 2.75. The van der Waals surface area contributed by atoms with Crippen molar-refractivity contribution in [2.45, 2.75) is 12.5 Å². The Morgan fingerprint density at radius 3 is 3.07 bits per heavy atom. The number of aryl methyl sites for hydroxylation is 1. The molecule has 0 aliphatic carbocycles. The highest BCUT2D eigenvalue weighted by molar-refractivity contribution is 5.07. The molecule has 4 nitrogen and oxygen atoms in total. The predicted molar refractivity (Wildman–Crippen MR) is 50.6 cm³/mol. The van der Waals surface area contributed by atoms with Gasteiger partial charge in [0, 0.05) is 19.7 Å². The van der Waals surface area contributed by atoms with Crippen LogP contribution in [0.1, 0.15) is 17.6 Å². The normalized spacial score (nSPS) is 13.0. The van der Waals surface area contributed by atoms with Crippen molar-refractivity contribution in [2.75, 3.05) is 0 Å². The van der Waals surface area contributed by atoms with Crippen LogP contribution in [0.3, 0.4) is 0 Å². The molecule has 0 aliphatic heterocycles. The van der Waals surface area contributed by atoms with E-state index in [9.17, 15) is 5.11 Å². The molecule has 1 atom stereocenters. The summed E-state index contributed by atoms with van der Waals surface area (Å²) in [7, 11) is 1.87. The van der Waals surface area contributed by atoms with Gasteiger partial charge in [0.15, 0.2) is 0 Å². The van der Waals surface area contributed by atoms with Crippen molar-refractivity contribution in [3.05, 3.63) is 42.4 Å². The van der Waals surface area contributed by atoms with Crippen molar-refractivity contribution in [1.82, 2.24) is 9.55 Å². The molecule has 0 radical (unpaired) electrons. The molecule has 0 saturated heterocycles. The molecule has 0 saturated carbocycles. The van der Waals surface area contributed by atoms with Crippen LogP contribution >= 0.6 is 0 Å². The van der Waals surface area contributed by atoms with Gasteiger partial charge >= 0.3 is 0 Å². The lowest BCUT2D eigenvalue weighted by Gasteiger charge is -2.04. The van der Waals surface area contributed by atoms with E-state index >= 15 is 0 Å². The molecule has 14 heavy (non-hydrogen) atoms. The molecule has 2 aromatic rings. The largest absolute Gasteiger partial charge is 0.469 e. The summed E-state index contributed by atoms with van der Waals surface area (Å²) in [5.74, 6) is 0.767. The number of rotatable bonds is 3. The van der Waals surface area contributed by atoms with E-state index in [1.807, 2.05) is 13.1 Å². The molecule has 0 amide bonds. The maximum Gasteiger partial charge on any atom is 0.106 e. The van der Waals surface area contributed by atoms with E-state index in [2.05, 4.69) is 4.98 Å². The number of hydrogen-bond donors (Lipinski definition) is 1. The van der Waals surface area contributed by atoms with Gasteiger partial charge in [0.05, 0.1) is 18.3 Å². The summed E-state index contributed by atoms with van der Waals surface area (Å²) in [6.07, 6.45) is 4.93. The van der Waals surface area contributed by atoms with E-state index in [0.717, 1.165) is 5.76 Å². The van der Waals surface area contributed by atoms with Gasteiger partial charge in [-0.15, -0.1) is 0 Å². The number of furan rings is 1. The van der Waals surface area contributed by atoms with Gasteiger partial charge in [-0.25, -0.2) is 4.98 Å². The Labute approximate surface area is 81.8 Å². The Bertz CT molecular complexity index is 392. The molecule has 2 aromatic heterocycles. The number of imidazole rings is 1. The molecule has 74 valence electrons. The van der Waals surface area contributed by atoms with Crippen LogP contribution in [0.5, 0.6) is 0 Å². The summed E-state index contributed by atoms with van der Waals surface area (Å²) in [6, 6.07) is 3.65. The second kappa shape index (κ2) is 3.67. The van der Waals surface area contributed by atoms with Gasteiger partial charge in [-0.1, -0.05) is 0 Å². The molecular weight excluding hydrogens is 180 g/mol. The van der Waals surface area contributed by atoms with Crippen LogP contribution in [0.2, 0.25) is 0 Å².